The second-order valence-electron chi connectivity index (χ2n) is 7.56. The average molecular weight is 446 g/mol. The lowest BCUT2D eigenvalue weighted by Gasteiger charge is -2.35. The molecule has 2 unspecified atom stereocenters. The van der Waals surface area contributed by atoms with E-state index >= 15 is 0 Å². The highest BCUT2D eigenvalue weighted by atomic mass is 32.2. The predicted molar refractivity (Wildman–Crippen MR) is 116 cm³/mol. The Morgan fingerprint density at radius 2 is 1.97 bits per heavy atom. The van der Waals surface area contributed by atoms with Gasteiger partial charge in [-0.2, -0.15) is 4.31 Å². The Morgan fingerprint density at radius 3 is 2.65 bits per heavy atom. The first-order valence-corrected chi connectivity index (χ1v) is 11.6. The van der Waals surface area contributed by atoms with Crippen LogP contribution < -0.4 is 10.6 Å². The van der Waals surface area contributed by atoms with Gasteiger partial charge in [-0.1, -0.05) is 43.8 Å². The first-order chi connectivity index (χ1) is 14.8. The summed E-state index contributed by atoms with van der Waals surface area (Å²) in [6, 6.07) is 12.3. The van der Waals surface area contributed by atoms with Crippen molar-refractivity contribution in [2.45, 2.75) is 30.9 Å². The SMILES string of the molecule is C=CC(=O)NC1CCN(S(=O)(=O)c2ccc(C(=O)NCCc3ccccc3)o2)CC1C. The molecule has 1 aliphatic rings. The molecule has 0 bridgehead atoms. The third-order valence-electron chi connectivity index (χ3n) is 5.32. The predicted octanol–water partition coefficient (Wildman–Crippen LogP) is 1.95. The number of nitrogens with zero attached hydrogens (tertiary/aromatic N) is 1. The summed E-state index contributed by atoms with van der Waals surface area (Å²) in [6.07, 6.45) is 2.34. The van der Waals surface area contributed by atoms with Crippen LogP contribution in [0.2, 0.25) is 0 Å². The maximum absolute atomic E-state index is 12.9. The Kier molecular flexibility index (Phi) is 7.29. The molecule has 2 amide bonds. The lowest BCUT2D eigenvalue weighted by Crippen LogP contribution is -2.51. The Hall–Kier alpha value is -2.91. The molecule has 8 nitrogen and oxygen atoms in total. The highest BCUT2D eigenvalue weighted by Gasteiger charge is 2.35. The normalized spacial score (nSPS) is 19.5. The minimum atomic E-state index is -3.87. The summed E-state index contributed by atoms with van der Waals surface area (Å²) >= 11 is 0. The van der Waals surface area contributed by atoms with Crippen LogP contribution in [0.1, 0.15) is 29.5 Å². The zero-order valence-corrected chi connectivity index (χ0v) is 18.2. The fraction of sp³-hybridized carbons (Fsp3) is 0.364. The molecule has 1 saturated heterocycles. The van der Waals surface area contributed by atoms with Gasteiger partial charge in [0.2, 0.25) is 11.0 Å². The van der Waals surface area contributed by atoms with Crippen molar-refractivity contribution in [2.24, 2.45) is 5.92 Å². The van der Waals surface area contributed by atoms with E-state index in [9.17, 15) is 18.0 Å². The molecular formula is C22H27N3O5S. The van der Waals surface area contributed by atoms with Crippen LogP contribution in [-0.2, 0) is 21.2 Å². The average Bonchev–Trinajstić information content (AvgIpc) is 3.27. The molecule has 3 rings (SSSR count). The fourth-order valence-electron chi connectivity index (χ4n) is 3.54. The standard InChI is InChI=1S/C22H27N3O5S/c1-3-20(26)24-18-12-14-25(15-16(18)2)31(28,29)21-10-9-19(30-21)22(27)23-13-11-17-7-5-4-6-8-17/h3-10,16,18H,1,11-15H2,2H3,(H,23,27)(H,24,26). The third-order valence-corrected chi connectivity index (χ3v) is 7.06. The van der Waals surface area contributed by atoms with Crippen LogP contribution in [0.3, 0.4) is 0 Å². The first-order valence-electron chi connectivity index (χ1n) is 10.2. The van der Waals surface area contributed by atoms with Crippen LogP contribution >= 0.6 is 0 Å². The molecular weight excluding hydrogens is 418 g/mol. The largest absolute Gasteiger partial charge is 0.438 e. The summed E-state index contributed by atoms with van der Waals surface area (Å²) in [6.45, 7) is 6.20. The number of nitrogens with one attached hydrogen (secondary N) is 2. The van der Waals surface area contributed by atoms with E-state index in [4.69, 9.17) is 4.42 Å². The quantitative estimate of drug-likeness (QED) is 0.604. The van der Waals surface area contributed by atoms with Crippen LogP contribution in [0, 0.1) is 5.92 Å². The molecule has 1 aromatic carbocycles. The number of piperidine rings is 1. The van der Waals surface area contributed by atoms with Gasteiger partial charge in [-0.15, -0.1) is 0 Å². The number of rotatable bonds is 8. The number of carbonyl (C=O) groups excluding carboxylic acids is 2. The molecule has 0 radical (unpaired) electrons. The molecule has 9 heteroatoms. The minimum absolute atomic E-state index is 0.0483. The second kappa shape index (κ2) is 9.93. The summed E-state index contributed by atoms with van der Waals surface area (Å²) in [5, 5.41) is 5.30. The van der Waals surface area contributed by atoms with Crippen LogP contribution in [0.4, 0.5) is 0 Å². The van der Waals surface area contributed by atoms with E-state index in [0.29, 0.717) is 19.4 Å². The van der Waals surface area contributed by atoms with Gasteiger partial charge in [0.1, 0.15) is 0 Å². The van der Waals surface area contributed by atoms with Gasteiger partial charge in [0.25, 0.3) is 15.9 Å². The van der Waals surface area contributed by atoms with Gasteiger partial charge in [-0.25, -0.2) is 8.42 Å². The molecule has 2 N–H and O–H groups in total. The van der Waals surface area contributed by atoms with Gasteiger partial charge < -0.3 is 15.1 Å². The second-order valence-corrected chi connectivity index (χ2v) is 9.43. The topological polar surface area (TPSA) is 109 Å². The Balaban J connectivity index is 1.58. The van der Waals surface area contributed by atoms with Crippen molar-refractivity contribution >= 4 is 21.8 Å². The van der Waals surface area contributed by atoms with E-state index in [0.717, 1.165) is 5.56 Å². The molecule has 0 saturated carbocycles. The van der Waals surface area contributed by atoms with Crippen molar-refractivity contribution < 1.29 is 22.4 Å². The zero-order valence-electron chi connectivity index (χ0n) is 17.4. The highest BCUT2D eigenvalue weighted by molar-refractivity contribution is 7.89. The molecule has 0 spiro atoms. The van der Waals surface area contributed by atoms with Gasteiger partial charge in [-0.3, -0.25) is 9.59 Å². The van der Waals surface area contributed by atoms with Gasteiger partial charge >= 0.3 is 0 Å². The lowest BCUT2D eigenvalue weighted by atomic mass is 9.95. The van der Waals surface area contributed by atoms with E-state index in [1.807, 2.05) is 37.3 Å². The maximum atomic E-state index is 12.9. The molecule has 1 fully saturated rings. The Bertz CT molecular complexity index is 1030. The molecule has 1 aromatic heterocycles. The minimum Gasteiger partial charge on any atom is -0.438 e. The number of hydrogen-bond donors (Lipinski definition) is 2. The van der Waals surface area contributed by atoms with Crippen molar-refractivity contribution in [3.05, 3.63) is 66.4 Å². The van der Waals surface area contributed by atoms with E-state index in [2.05, 4.69) is 17.2 Å². The maximum Gasteiger partial charge on any atom is 0.287 e. The van der Waals surface area contributed by atoms with Gasteiger partial charge in [0.15, 0.2) is 5.76 Å². The Morgan fingerprint density at radius 1 is 1.23 bits per heavy atom. The van der Waals surface area contributed by atoms with Crippen molar-refractivity contribution in [1.29, 1.82) is 0 Å². The van der Waals surface area contributed by atoms with Crippen LogP contribution in [0.25, 0.3) is 0 Å². The van der Waals surface area contributed by atoms with Crippen molar-refractivity contribution in [3.63, 3.8) is 0 Å². The highest BCUT2D eigenvalue weighted by Crippen LogP contribution is 2.25. The number of hydrogen-bond acceptors (Lipinski definition) is 5. The smallest absolute Gasteiger partial charge is 0.287 e. The van der Waals surface area contributed by atoms with Crippen LogP contribution in [0.15, 0.2) is 64.6 Å². The van der Waals surface area contributed by atoms with E-state index in [1.54, 1.807) is 0 Å². The zero-order chi connectivity index (χ0) is 22.4. The number of furan rings is 1. The Labute approximate surface area is 182 Å². The molecule has 166 valence electrons. The fourth-order valence-corrected chi connectivity index (χ4v) is 5.01. The third kappa shape index (κ3) is 5.62. The molecule has 31 heavy (non-hydrogen) atoms. The first kappa shape index (κ1) is 22.8. The molecule has 2 heterocycles. The number of amides is 2. The number of carbonyl (C=O) groups is 2. The molecule has 1 aliphatic heterocycles. The van der Waals surface area contributed by atoms with Gasteiger partial charge in [0.05, 0.1) is 0 Å². The molecule has 2 aromatic rings. The van der Waals surface area contributed by atoms with Crippen molar-refractivity contribution in [1.82, 2.24) is 14.9 Å². The van der Waals surface area contributed by atoms with Crippen molar-refractivity contribution in [3.8, 4) is 0 Å². The van der Waals surface area contributed by atoms with Crippen LogP contribution in [0.5, 0.6) is 0 Å². The monoisotopic (exact) mass is 445 g/mol. The lowest BCUT2D eigenvalue weighted by molar-refractivity contribution is -0.117. The van der Waals surface area contributed by atoms with Gasteiger partial charge in [-0.05, 0) is 42.5 Å². The molecule has 0 aliphatic carbocycles. The van der Waals surface area contributed by atoms with E-state index < -0.39 is 15.9 Å². The number of benzene rings is 1. The summed E-state index contributed by atoms with van der Waals surface area (Å²) in [5.41, 5.74) is 1.09. The van der Waals surface area contributed by atoms with E-state index in [1.165, 1.54) is 22.5 Å². The number of sulfonamides is 1. The summed E-state index contributed by atoms with van der Waals surface area (Å²) in [5.74, 6) is -0.866. The molecule has 2 atom stereocenters. The van der Waals surface area contributed by atoms with Crippen LogP contribution in [-0.4, -0.2) is 50.2 Å². The van der Waals surface area contributed by atoms with E-state index in [-0.39, 0.29) is 41.8 Å². The van der Waals surface area contributed by atoms with Gasteiger partial charge in [0, 0.05) is 25.7 Å². The van der Waals surface area contributed by atoms with Crippen molar-refractivity contribution in [2.75, 3.05) is 19.6 Å². The summed E-state index contributed by atoms with van der Waals surface area (Å²) in [4.78, 5) is 23.8. The summed E-state index contributed by atoms with van der Waals surface area (Å²) in [7, 11) is -3.87. The summed E-state index contributed by atoms with van der Waals surface area (Å²) < 4.78 is 32.6.